The van der Waals surface area contributed by atoms with Crippen LogP contribution >= 0.6 is 0 Å². The van der Waals surface area contributed by atoms with Gasteiger partial charge in [0.05, 0.1) is 11.4 Å². The molecule has 1 rings (SSSR count). The maximum atomic E-state index is 11.8. The Morgan fingerprint density at radius 3 is 2.52 bits per heavy atom. The largest absolute Gasteiger partial charge is 0.444 e. The van der Waals surface area contributed by atoms with Crippen molar-refractivity contribution in [2.24, 2.45) is 18.9 Å². The van der Waals surface area contributed by atoms with Crippen molar-refractivity contribution in [3.8, 4) is 0 Å². The van der Waals surface area contributed by atoms with Crippen molar-refractivity contribution >= 4 is 11.8 Å². The van der Waals surface area contributed by atoms with Crippen LogP contribution in [0.4, 0.5) is 10.5 Å². The lowest BCUT2D eigenvalue weighted by atomic mass is 9.95. The third kappa shape index (κ3) is 6.93. The van der Waals surface area contributed by atoms with Crippen molar-refractivity contribution < 1.29 is 9.53 Å². The molecular formula is C17H32N4O2. The van der Waals surface area contributed by atoms with Gasteiger partial charge in [-0.1, -0.05) is 20.8 Å². The minimum atomic E-state index is -0.471. The van der Waals surface area contributed by atoms with E-state index in [2.05, 4.69) is 36.5 Å². The SMILES string of the molecule is CCc1nn(C)cc1NCC(CNC(=O)OC(C)(C)C)C(C)C. The number of nitrogens with one attached hydrogen (secondary N) is 2. The van der Waals surface area contributed by atoms with Crippen LogP contribution in [0.1, 0.15) is 47.2 Å². The lowest BCUT2D eigenvalue weighted by Crippen LogP contribution is -2.38. The van der Waals surface area contributed by atoms with E-state index in [0.717, 1.165) is 24.3 Å². The second kappa shape index (κ2) is 8.22. The Balaban J connectivity index is 2.54. The summed E-state index contributed by atoms with van der Waals surface area (Å²) in [5.74, 6) is 0.756. The molecule has 0 aliphatic carbocycles. The van der Waals surface area contributed by atoms with Crippen LogP contribution in [0.5, 0.6) is 0 Å². The summed E-state index contributed by atoms with van der Waals surface area (Å²) in [6.45, 7) is 13.4. The smallest absolute Gasteiger partial charge is 0.407 e. The standard InChI is InChI=1S/C17H32N4O2/c1-8-14-15(11-21(7)20-14)18-9-13(12(2)3)10-19-16(22)23-17(4,5)6/h11-13,18H,8-10H2,1-7H3,(H,19,22). The molecule has 0 radical (unpaired) electrons. The first kappa shape index (κ1) is 19.3. The number of hydrogen-bond donors (Lipinski definition) is 2. The van der Waals surface area contributed by atoms with Gasteiger partial charge in [-0.05, 0) is 39.0 Å². The molecule has 1 aromatic heterocycles. The first-order valence-corrected chi connectivity index (χ1v) is 8.35. The number of ether oxygens (including phenoxy) is 1. The third-order valence-corrected chi connectivity index (χ3v) is 3.65. The van der Waals surface area contributed by atoms with Crippen LogP contribution in [0, 0.1) is 11.8 Å². The molecule has 0 aliphatic rings. The summed E-state index contributed by atoms with van der Waals surface area (Å²) >= 11 is 0. The van der Waals surface area contributed by atoms with Gasteiger partial charge in [0.1, 0.15) is 5.60 Å². The zero-order valence-corrected chi connectivity index (χ0v) is 15.6. The molecule has 0 saturated heterocycles. The molecule has 1 heterocycles. The molecule has 132 valence electrons. The summed E-state index contributed by atoms with van der Waals surface area (Å²) in [7, 11) is 1.92. The quantitative estimate of drug-likeness (QED) is 0.808. The molecule has 1 aromatic rings. The third-order valence-electron chi connectivity index (χ3n) is 3.65. The fraction of sp³-hybridized carbons (Fsp3) is 0.765. The van der Waals surface area contributed by atoms with E-state index in [0.29, 0.717) is 18.4 Å². The zero-order chi connectivity index (χ0) is 17.6. The molecule has 0 bridgehead atoms. The first-order chi connectivity index (χ1) is 10.6. The Hall–Kier alpha value is -1.72. The molecular weight excluding hydrogens is 292 g/mol. The van der Waals surface area contributed by atoms with E-state index >= 15 is 0 Å². The van der Waals surface area contributed by atoms with E-state index < -0.39 is 5.60 Å². The first-order valence-electron chi connectivity index (χ1n) is 8.35. The fourth-order valence-electron chi connectivity index (χ4n) is 2.26. The van der Waals surface area contributed by atoms with Crippen molar-refractivity contribution in [3.05, 3.63) is 11.9 Å². The van der Waals surface area contributed by atoms with Gasteiger partial charge in [0.15, 0.2) is 0 Å². The van der Waals surface area contributed by atoms with Gasteiger partial charge in [-0.3, -0.25) is 4.68 Å². The second-order valence-corrected chi connectivity index (χ2v) is 7.28. The number of aromatic nitrogens is 2. The van der Waals surface area contributed by atoms with Gasteiger partial charge in [0.25, 0.3) is 0 Å². The van der Waals surface area contributed by atoms with E-state index in [9.17, 15) is 4.79 Å². The number of rotatable bonds is 7. The van der Waals surface area contributed by atoms with E-state index in [1.54, 1.807) is 0 Å². The molecule has 6 nitrogen and oxygen atoms in total. The van der Waals surface area contributed by atoms with Gasteiger partial charge in [-0.15, -0.1) is 0 Å². The van der Waals surface area contributed by atoms with Crippen LogP contribution in [0.3, 0.4) is 0 Å². The molecule has 0 aromatic carbocycles. The van der Waals surface area contributed by atoms with Gasteiger partial charge in [-0.2, -0.15) is 5.10 Å². The predicted molar refractivity (Wildman–Crippen MR) is 93.6 cm³/mol. The lowest BCUT2D eigenvalue weighted by Gasteiger charge is -2.24. The number of amides is 1. The summed E-state index contributed by atoms with van der Waals surface area (Å²) in [5, 5.41) is 10.8. The Labute approximate surface area is 140 Å². The number of nitrogens with zero attached hydrogens (tertiary/aromatic N) is 2. The minimum absolute atomic E-state index is 0.312. The summed E-state index contributed by atoms with van der Waals surface area (Å²) in [6, 6.07) is 0. The maximum Gasteiger partial charge on any atom is 0.407 e. The molecule has 0 aliphatic heterocycles. The molecule has 2 N–H and O–H groups in total. The van der Waals surface area contributed by atoms with Gasteiger partial charge in [-0.25, -0.2) is 4.79 Å². The highest BCUT2D eigenvalue weighted by atomic mass is 16.6. The summed E-state index contributed by atoms with van der Waals surface area (Å²) in [5.41, 5.74) is 1.66. The van der Waals surface area contributed by atoms with Crippen molar-refractivity contribution in [1.29, 1.82) is 0 Å². The average Bonchev–Trinajstić information content (AvgIpc) is 2.76. The Morgan fingerprint density at radius 2 is 2.00 bits per heavy atom. The number of aryl methyl sites for hydroxylation is 2. The predicted octanol–water partition coefficient (Wildman–Crippen LogP) is 3.19. The Kier molecular flexibility index (Phi) is 6.91. The minimum Gasteiger partial charge on any atom is -0.444 e. The van der Waals surface area contributed by atoms with Crippen LogP contribution in [0.25, 0.3) is 0 Å². The van der Waals surface area contributed by atoms with E-state index in [1.807, 2.05) is 38.7 Å². The molecule has 0 fully saturated rings. The van der Waals surface area contributed by atoms with Crippen LogP contribution in [0.2, 0.25) is 0 Å². The van der Waals surface area contributed by atoms with Crippen LogP contribution in [-0.2, 0) is 18.2 Å². The second-order valence-electron chi connectivity index (χ2n) is 7.28. The molecule has 1 atom stereocenters. The van der Waals surface area contributed by atoms with Crippen LogP contribution < -0.4 is 10.6 Å². The number of carbonyl (C=O) groups excluding carboxylic acids is 1. The number of anilines is 1. The molecule has 0 saturated carbocycles. The highest BCUT2D eigenvalue weighted by molar-refractivity contribution is 5.67. The average molecular weight is 324 g/mol. The fourth-order valence-corrected chi connectivity index (χ4v) is 2.26. The highest BCUT2D eigenvalue weighted by Crippen LogP contribution is 2.17. The number of carbonyl (C=O) groups is 1. The number of alkyl carbamates (subject to hydrolysis) is 1. The Bertz CT molecular complexity index is 503. The van der Waals surface area contributed by atoms with Gasteiger partial charge in [0, 0.05) is 26.3 Å². The van der Waals surface area contributed by atoms with Crippen molar-refractivity contribution in [3.63, 3.8) is 0 Å². The summed E-state index contributed by atoms with van der Waals surface area (Å²) in [4.78, 5) is 11.8. The summed E-state index contributed by atoms with van der Waals surface area (Å²) in [6.07, 6.45) is 2.53. The van der Waals surface area contributed by atoms with Gasteiger partial charge in [0.2, 0.25) is 0 Å². The Morgan fingerprint density at radius 1 is 1.35 bits per heavy atom. The monoisotopic (exact) mass is 324 g/mol. The topological polar surface area (TPSA) is 68.2 Å². The highest BCUT2D eigenvalue weighted by Gasteiger charge is 2.19. The maximum absolute atomic E-state index is 11.8. The van der Waals surface area contributed by atoms with Crippen LogP contribution in [-0.4, -0.2) is 34.6 Å². The van der Waals surface area contributed by atoms with Gasteiger partial charge >= 0.3 is 6.09 Å². The molecule has 1 unspecified atom stereocenters. The van der Waals surface area contributed by atoms with E-state index in [1.165, 1.54) is 0 Å². The van der Waals surface area contributed by atoms with E-state index in [-0.39, 0.29) is 6.09 Å². The summed E-state index contributed by atoms with van der Waals surface area (Å²) < 4.78 is 7.11. The van der Waals surface area contributed by atoms with E-state index in [4.69, 9.17) is 4.74 Å². The molecule has 0 spiro atoms. The molecule has 23 heavy (non-hydrogen) atoms. The van der Waals surface area contributed by atoms with Crippen molar-refractivity contribution in [1.82, 2.24) is 15.1 Å². The van der Waals surface area contributed by atoms with Crippen molar-refractivity contribution in [2.75, 3.05) is 18.4 Å². The number of hydrogen-bond acceptors (Lipinski definition) is 4. The zero-order valence-electron chi connectivity index (χ0n) is 15.6. The molecule has 6 heteroatoms. The van der Waals surface area contributed by atoms with Gasteiger partial charge < -0.3 is 15.4 Å². The molecule has 1 amide bonds. The normalized spacial score (nSPS) is 13.0. The van der Waals surface area contributed by atoms with Crippen molar-refractivity contribution in [2.45, 2.75) is 53.6 Å². The lowest BCUT2D eigenvalue weighted by molar-refractivity contribution is 0.0516. The van der Waals surface area contributed by atoms with Crippen LogP contribution in [0.15, 0.2) is 6.20 Å².